The van der Waals surface area contributed by atoms with Crippen LogP contribution in [-0.2, 0) is 25.5 Å². The maximum Gasteiger partial charge on any atom is 0.298 e. The summed E-state index contributed by atoms with van der Waals surface area (Å²) >= 11 is 0. The molecule has 1 saturated carbocycles. The zero-order chi connectivity index (χ0) is 34.1. The summed E-state index contributed by atoms with van der Waals surface area (Å²) in [5.74, 6) is -1.31. The number of carbonyl (C=O) groups excluding carboxylic acids is 3. The molecular weight excluding hydrogens is 600 g/mol. The Balaban J connectivity index is 1.58. The van der Waals surface area contributed by atoms with E-state index in [9.17, 15) is 24.6 Å². The molecule has 3 aliphatic carbocycles. The van der Waals surface area contributed by atoms with E-state index in [4.69, 9.17) is 18.9 Å². The number of allylic oxidation sites excluding steroid dienone is 5. The second-order valence-corrected chi connectivity index (χ2v) is 14.6. The van der Waals surface area contributed by atoms with E-state index in [1.807, 2.05) is 52.8 Å². The Kier molecular flexibility index (Phi) is 7.95. The van der Waals surface area contributed by atoms with Crippen LogP contribution in [0.15, 0.2) is 52.9 Å². The highest BCUT2D eigenvalue weighted by molar-refractivity contribution is 6.19. The predicted octanol–water partition coefficient (Wildman–Crippen LogP) is 6.26. The van der Waals surface area contributed by atoms with Crippen LogP contribution in [0.1, 0.15) is 95.6 Å². The highest BCUT2D eigenvalue weighted by atomic mass is 16.6. The van der Waals surface area contributed by atoms with Crippen LogP contribution < -0.4 is 9.47 Å². The van der Waals surface area contributed by atoms with Gasteiger partial charge in [0, 0.05) is 29.4 Å². The molecule has 5 atom stereocenters. The Bertz CT molecular complexity index is 1710. The fraction of sp³-hybridized carbons (Fsp3) is 0.500. The van der Waals surface area contributed by atoms with Gasteiger partial charge in [-0.2, -0.15) is 0 Å². The van der Waals surface area contributed by atoms with Gasteiger partial charge in [-0.25, -0.2) is 0 Å². The molecule has 47 heavy (non-hydrogen) atoms. The third-order valence-corrected chi connectivity index (χ3v) is 10.4. The molecule has 9 nitrogen and oxygen atoms in total. The van der Waals surface area contributed by atoms with Gasteiger partial charge in [0.1, 0.15) is 40.8 Å². The maximum absolute atomic E-state index is 14.8. The molecule has 1 aromatic rings. The fourth-order valence-electron chi connectivity index (χ4n) is 8.26. The fourth-order valence-corrected chi connectivity index (χ4v) is 8.26. The lowest BCUT2D eigenvalue weighted by molar-refractivity contribution is -0.171. The molecule has 1 spiro atoms. The molecule has 2 fully saturated rings. The van der Waals surface area contributed by atoms with Gasteiger partial charge in [-0.1, -0.05) is 29.4 Å². The van der Waals surface area contributed by atoms with Gasteiger partial charge >= 0.3 is 0 Å². The second kappa shape index (κ2) is 11.3. The number of rotatable bonds is 10. The second-order valence-electron chi connectivity index (χ2n) is 14.6. The molecule has 4 bridgehead atoms. The maximum atomic E-state index is 14.8. The molecule has 2 N–H and O–H groups in total. The summed E-state index contributed by atoms with van der Waals surface area (Å²) in [6, 6.07) is 0. The SMILES string of the molecule is CC(C)=CCC[C@]1(C)C=Cc2c(O)c3c(c(CC=C(C)C)c2O1)O[C@]12C(=C[C@@H]4CC1C(C)(C)OC2(C/C=C(/CO)OC=O)C4=O)C3=O. The van der Waals surface area contributed by atoms with Crippen molar-refractivity contribution >= 4 is 24.1 Å². The van der Waals surface area contributed by atoms with Crippen molar-refractivity contribution in [3.05, 3.63) is 69.5 Å². The van der Waals surface area contributed by atoms with Crippen LogP contribution in [0.4, 0.5) is 0 Å². The van der Waals surface area contributed by atoms with E-state index in [1.165, 1.54) is 11.6 Å². The van der Waals surface area contributed by atoms with Crippen LogP contribution in [0.2, 0.25) is 0 Å². The number of phenols is 1. The topological polar surface area (TPSA) is 129 Å². The van der Waals surface area contributed by atoms with Crippen molar-refractivity contribution < 1.29 is 43.5 Å². The van der Waals surface area contributed by atoms with Gasteiger partial charge < -0.3 is 29.2 Å². The molecule has 1 aromatic carbocycles. The molecule has 2 unspecified atom stereocenters. The molecule has 1 saturated heterocycles. The number of aliphatic hydroxyl groups is 1. The van der Waals surface area contributed by atoms with Crippen molar-refractivity contribution in [3.63, 3.8) is 0 Å². The lowest BCUT2D eigenvalue weighted by atomic mass is 9.51. The van der Waals surface area contributed by atoms with E-state index < -0.39 is 46.6 Å². The van der Waals surface area contributed by atoms with Crippen LogP contribution >= 0.6 is 0 Å². The summed E-state index contributed by atoms with van der Waals surface area (Å²) in [5, 5.41) is 21.6. The molecule has 0 radical (unpaired) electrons. The van der Waals surface area contributed by atoms with Crippen molar-refractivity contribution in [2.75, 3.05) is 6.61 Å². The summed E-state index contributed by atoms with van der Waals surface area (Å²) in [4.78, 5) is 40.2. The van der Waals surface area contributed by atoms with Crippen molar-refractivity contribution in [2.24, 2.45) is 11.8 Å². The van der Waals surface area contributed by atoms with E-state index >= 15 is 0 Å². The molecule has 3 aliphatic heterocycles. The van der Waals surface area contributed by atoms with Crippen LogP contribution in [0.5, 0.6) is 17.2 Å². The van der Waals surface area contributed by atoms with Gasteiger partial charge in [0.25, 0.3) is 6.47 Å². The molecule has 9 heteroatoms. The molecule has 7 rings (SSSR count). The number of hydrogen-bond acceptors (Lipinski definition) is 9. The van der Waals surface area contributed by atoms with Crippen molar-refractivity contribution in [1.29, 1.82) is 0 Å². The van der Waals surface area contributed by atoms with Crippen LogP contribution in [-0.4, -0.2) is 57.3 Å². The summed E-state index contributed by atoms with van der Waals surface area (Å²) in [5.41, 5.74) is -1.16. The molecule has 0 amide bonds. The summed E-state index contributed by atoms with van der Waals surface area (Å²) in [6.07, 6.45) is 13.2. The summed E-state index contributed by atoms with van der Waals surface area (Å²) in [6.45, 7) is 13.5. The van der Waals surface area contributed by atoms with E-state index in [-0.39, 0.29) is 47.1 Å². The van der Waals surface area contributed by atoms with E-state index in [0.29, 0.717) is 36.1 Å². The van der Waals surface area contributed by atoms with Crippen molar-refractivity contribution in [1.82, 2.24) is 0 Å². The number of fused-ring (bicyclic) bond motifs is 2. The Morgan fingerprint density at radius 2 is 1.77 bits per heavy atom. The summed E-state index contributed by atoms with van der Waals surface area (Å²) < 4.78 is 25.6. The van der Waals surface area contributed by atoms with Crippen molar-refractivity contribution in [3.8, 4) is 17.2 Å². The van der Waals surface area contributed by atoms with Crippen LogP contribution in [0, 0.1) is 11.8 Å². The monoisotopic (exact) mass is 644 g/mol. The molecule has 0 aromatic heterocycles. The number of aromatic hydroxyl groups is 1. The quantitative estimate of drug-likeness (QED) is 0.172. The van der Waals surface area contributed by atoms with E-state index in [2.05, 4.69) is 19.9 Å². The largest absolute Gasteiger partial charge is 0.506 e. The molecule has 250 valence electrons. The zero-order valence-corrected chi connectivity index (χ0v) is 28.2. The minimum atomic E-state index is -1.66. The van der Waals surface area contributed by atoms with Gasteiger partial charge in [-0.05, 0) is 92.4 Å². The average Bonchev–Trinajstić information content (AvgIpc) is 3.15. The predicted molar refractivity (Wildman–Crippen MR) is 175 cm³/mol. The molecule has 6 aliphatic rings. The lowest BCUT2D eigenvalue weighted by Gasteiger charge is -2.56. The van der Waals surface area contributed by atoms with Gasteiger partial charge in [0.2, 0.25) is 0 Å². The first-order valence-corrected chi connectivity index (χ1v) is 16.3. The third kappa shape index (κ3) is 4.84. The third-order valence-electron chi connectivity index (χ3n) is 10.4. The van der Waals surface area contributed by atoms with Gasteiger partial charge in [0.15, 0.2) is 22.8 Å². The first kappa shape index (κ1) is 33.0. The first-order chi connectivity index (χ1) is 22.1. The number of carbonyl (C=O) groups is 3. The molecule has 3 heterocycles. The first-order valence-electron chi connectivity index (χ1n) is 16.3. The number of hydrogen-bond donors (Lipinski definition) is 2. The number of benzene rings is 1. The Hall–Kier alpha value is -3.95. The highest BCUT2D eigenvalue weighted by Crippen LogP contribution is 2.68. The standard InChI is InChI=1S/C38H44O9/c1-21(2)9-8-14-36(7)15-13-25-30(41)29-31(42)27-17-23-18-28-35(5,6)47-37(34(23)43,16-12-24(19-39)44-20-40)38(27,28)46-33(29)26(32(25)45-36)11-10-22(3)4/h9-10,12-13,15,17,20,23,28,39,41H,8,11,14,16,18-19H2,1-7H3/b24-12-/t23-,28?,36-,37?,38-/m1/s1. The number of Topliss-reactive ketones (excluding diaryl/α,β-unsaturated/α-hetero) is 2. The van der Waals surface area contributed by atoms with Gasteiger partial charge in [-0.3, -0.25) is 14.4 Å². The molecular formula is C38H44O9. The van der Waals surface area contributed by atoms with E-state index in [1.54, 1.807) is 6.08 Å². The normalized spacial score (nSPS) is 30.7. The van der Waals surface area contributed by atoms with E-state index in [0.717, 1.165) is 12.0 Å². The number of aliphatic hydroxyl groups excluding tert-OH is 1. The number of ether oxygens (including phenoxy) is 4. The zero-order valence-electron chi connectivity index (χ0n) is 28.2. The average molecular weight is 645 g/mol. The minimum Gasteiger partial charge on any atom is -0.506 e. The minimum absolute atomic E-state index is 0.0403. The van der Waals surface area contributed by atoms with Gasteiger partial charge in [-0.15, -0.1) is 0 Å². The number of ketones is 2. The lowest BCUT2D eigenvalue weighted by Crippen LogP contribution is -2.72. The smallest absolute Gasteiger partial charge is 0.298 e. The van der Waals surface area contributed by atoms with Crippen LogP contribution in [0.3, 0.4) is 0 Å². The summed E-state index contributed by atoms with van der Waals surface area (Å²) in [7, 11) is 0. The Morgan fingerprint density at radius 1 is 1.04 bits per heavy atom. The van der Waals surface area contributed by atoms with Crippen molar-refractivity contribution in [2.45, 2.75) is 103 Å². The Labute approximate surface area is 275 Å². The van der Waals surface area contributed by atoms with Gasteiger partial charge in [0.05, 0.1) is 11.2 Å². The van der Waals surface area contributed by atoms with Crippen LogP contribution in [0.25, 0.3) is 6.08 Å². The number of phenolic OH excluding ortho intramolecular Hbond substituents is 1. The highest BCUT2D eigenvalue weighted by Gasteiger charge is 2.81. The Morgan fingerprint density at radius 3 is 2.43 bits per heavy atom.